The van der Waals surface area contributed by atoms with Gasteiger partial charge >= 0.3 is 0 Å². The van der Waals surface area contributed by atoms with Gasteiger partial charge in [-0.15, -0.1) is 0 Å². The van der Waals surface area contributed by atoms with Crippen LogP contribution in [-0.4, -0.2) is 0 Å². The highest BCUT2D eigenvalue weighted by molar-refractivity contribution is 8.23. The van der Waals surface area contributed by atoms with Crippen molar-refractivity contribution in [2.24, 2.45) is 0 Å². The summed E-state index contributed by atoms with van der Waals surface area (Å²) in [6.45, 7) is 0. The zero-order chi connectivity index (χ0) is 14.5. The van der Waals surface area contributed by atoms with E-state index in [-0.39, 0.29) is 0 Å². The molecule has 0 N–H and O–H groups in total. The molecule has 1 aromatic heterocycles. The molecule has 0 amide bonds. The fourth-order valence-corrected chi connectivity index (χ4v) is 5.98. The van der Waals surface area contributed by atoms with E-state index >= 15 is 0 Å². The third kappa shape index (κ3) is 3.24. The Kier molecular flexibility index (Phi) is 4.50. The van der Waals surface area contributed by atoms with E-state index in [1.54, 1.807) is 11.3 Å². The van der Waals surface area contributed by atoms with Crippen molar-refractivity contribution in [3.8, 4) is 0 Å². The van der Waals surface area contributed by atoms with Gasteiger partial charge in [0.2, 0.25) is 0 Å². The van der Waals surface area contributed by atoms with Gasteiger partial charge in [0.15, 0.2) is 0 Å². The molecular weight excluding hydrogens is 311 g/mol. The standard InChI is InChI=1S/C18H15PS2/c20-19(17-7-3-1-4-8-17,18-9-5-2-6-10-18)13-11-16-12-14-21-15-16/h1-15H/b13-11+. The molecule has 0 saturated heterocycles. The number of benzene rings is 2. The molecule has 0 atom stereocenters. The van der Waals surface area contributed by atoms with Gasteiger partial charge in [0.05, 0.1) is 0 Å². The first-order valence-corrected chi connectivity index (χ1v) is 10.5. The smallest absolute Gasteiger partial charge is 0.0310 e. The fraction of sp³-hybridized carbons (Fsp3) is 0. The molecule has 0 nitrogen and oxygen atoms in total. The van der Waals surface area contributed by atoms with Crippen LogP contribution >= 0.6 is 17.4 Å². The summed E-state index contributed by atoms with van der Waals surface area (Å²) in [6.07, 6.45) is 2.16. The van der Waals surface area contributed by atoms with Crippen LogP contribution in [0.4, 0.5) is 0 Å². The summed E-state index contributed by atoms with van der Waals surface area (Å²) in [5.41, 5.74) is 1.22. The minimum Gasteiger partial charge on any atom is -0.152 e. The third-order valence-electron chi connectivity index (χ3n) is 3.30. The van der Waals surface area contributed by atoms with Crippen molar-refractivity contribution < 1.29 is 0 Å². The second-order valence-corrected chi connectivity index (χ2v) is 9.86. The molecule has 0 unspecified atom stereocenters. The van der Waals surface area contributed by atoms with Gasteiger partial charge < -0.3 is 0 Å². The summed E-state index contributed by atoms with van der Waals surface area (Å²) in [5, 5.41) is 6.70. The van der Waals surface area contributed by atoms with Crippen molar-refractivity contribution in [2.75, 3.05) is 0 Å². The summed E-state index contributed by atoms with van der Waals surface area (Å²) in [7, 11) is 0. The predicted octanol–water partition coefficient (Wildman–Crippen LogP) is 4.85. The van der Waals surface area contributed by atoms with Crippen LogP contribution in [0.25, 0.3) is 6.08 Å². The van der Waals surface area contributed by atoms with Crippen LogP contribution in [0.1, 0.15) is 5.56 Å². The van der Waals surface area contributed by atoms with E-state index in [1.807, 2.05) is 12.1 Å². The van der Waals surface area contributed by atoms with Crippen molar-refractivity contribution in [1.82, 2.24) is 0 Å². The van der Waals surface area contributed by atoms with E-state index in [0.717, 1.165) is 0 Å². The summed E-state index contributed by atoms with van der Waals surface area (Å²) in [6, 6.07) is 21.1. The van der Waals surface area contributed by atoms with Gasteiger partial charge in [-0.05, 0) is 38.8 Å². The normalized spacial score (nSPS) is 11.8. The van der Waals surface area contributed by atoms with Gasteiger partial charge in [0.25, 0.3) is 0 Å². The first-order valence-electron chi connectivity index (χ1n) is 6.71. The Morgan fingerprint density at radius 1 is 0.810 bits per heavy atom. The minimum absolute atomic E-state index is 1.22. The molecule has 1 heterocycles. The monoisotopic (exact) mass is 326 g/mol. The van der Waals surface area contributed by atoms with Gasteiger partial charge in [-0.1, -0.05) is 78.5 Å². The van der Waals surface area contributed by atoms with Crippen molar-refractivity contribution in [3.05, 3.63) is 88.9 Å². The summed E-state index contributed by atoms with van der Waals surface area (Å²) >= 11 is 7.84. The fourth-order valence-electron chi connectivity index (χ4n) is 2.18. The van der Waals surface area contributed by atoms with Gasteiger partial charge in [-0.3, -0.25) is 0 Å². The second-order valence-electron chi connectivity index (χ2n) is 4.70. The maximum atomic E-state index is 6.14. The van der Waals surface area contributed by atoms with Crippen LogP contribution in [0.15, 0.2) is 83.3 Å². The van der Waals surface area contributed by atoms with Gasteiger partial charge in [-0.25, -0.2) is 0 Å². The molecule has 2 aromatic carbocycles. The Balaban J connectivity index is 2.10. The Bertz CT molecular complexity index is 716. The van der Waals surface area contributed by atoms with E-state index in [9.17, 15) is 0 Å². The Morgan fingerprint density at radius 2 is 1.38 bits per heavy atom. The van der Waals surface area contributed by atoms with Gasteiger partial charge in [0.1, 0.15) is 0 Å². The van der Waals surface area contributed by atoms with E-state index in [1.165, 1.54) is 16.2 Å². The maximum Gasteiger partial charge on any atom is 0.0310 e. The molecule has 0 bridgehead atoms. The molecule has 0 fully saturated rings. The zero-order valence-electron chi connectivity index (χ0n) is 11.4. The third-order valence-corrected chi connectivity index (χ3v) is 8.33. The number of rotatable bonds is 4. The molecule has 3 heteroatoms. The lowest BCUT2D eigenvalue weighted by molar-refractivity contribution is 1.75. The van der Waals surface area contributed by atoms with Gasteiger partial charge in [0, 0.05) is 6.04 Å². The molecule has 21 heavy (non-hydrogen) atoms. The molecule has 3 aromatic rings. The largest absolute Gasteiger partial charge is 0.152 e. The van der Waals surface area contributed by atoms with Crippen LogP contribution in [0.5, 0.6) is 0 Å². The average molecular weight is 326 g/mol. The lowest BCUT2D eigenvalue weighted by atomic mass is 10.3. The average Bonchev–Trinajstić information content (AvgIpc) is 3.08. The van der Waals surface area contributed by atoms with E-state index < -0.39 is 6.04 Å². The van der Waals surface area contributed by atoms with E-state index in [4.69, 9.17) is 11.8 Å². The van der Waals surface area contributed by atoms with E-state index in [0.29, 0.717) is 0 Å². The number of hydrogen-bond acceptors (Lipinski definition) is 2. The molecule has 104 valence electrons. The highest BCUT2D eigenvalue weighted by Gasteiger charge is 2.18. The first kappa shape index (κ1) is 14.5. The molecule has 0 spiro atoms. The van der Waals surface area contributed by atoms with Gasteiger partial charge in [-0.2, -0.15) is 11.3 Å². The SMILES string of the molecule is S=P(/C=C/c1ccsc1)(c1ccccc1)c1ccccc1. The lowest BCUT2D eigenvalue weighted by Crippen LogP contribution is -2.13. The molecule has 0 aliphatic heterocycles. The lowest BCUT2D eigenvalue weighted by Gasteiger charge is -2.19. The zero-order valence-corrected chi connectivity index (χ0v) is 14.0. The van der Waals surface area contributed by atoms with Crippen molar-refractivity contribution in [1.29, 1.82) is 0 Å². The molecule has 3 rings (SSSR count). The highest BCUT2D eigenvalue weighted by Crippen LogP contribution is 2.45. The molecule has 0 radical (unpaired) electrons. The Morgan fingerprint density at radius 3 is 1.86 bits per heavy atom. The van der Waals surface area contributed by atoms with Crippen molar-refractivity contribution in [2.45, 2.75) is 0 Å². The Labute approximate surface area is 134 Å². The van der Waals surface area contributed by atoms with Crippen molar-refractivity contribution >= 4 is 45.9 Å². The first-order chi connectivity index (χ1) is 10.3. The molecule has 0 aliphatic rings. The van der Waals surface area contributed by atoms with Crippen LogP contribution < -0.4 is 10.6 Å². The minimum atomic E-state index is -1.91. The highest BCUT2D eigenvalue weighted by atomic mass is 32.4. The molecule has 0 aliphatic carbocycles. The van der Waals surface area contributed by atoms with Crippen molar-refractivity contribution in [3.63, 3.8) is 0 Å². The summed E-state index contributed by atoms with van der Waals surface area (Å²) in [4.78, 5) is 0. The Hall–Kier alpha value is -1.47. The topological polar surface area (TPSA) is 0 Å². The predicted molar refractivity (Wildman–Crippen MR) is 99.8 cm³/mol. The van der Waals surface area contributed by atoms with Crippen LogP contribution in [0, 0.1) is 0 Å². The van der Waals surface area contributed by atoms with E-state index in [2.05, 4.69) is 77.3 Å². The molecule has 0 saturated carbocycles. The van der Waals surface area contributed by atoms with Crippen LogP contribution in [-0.2, 0) is 11.8 Å². The van der Waals surface area contributed by atoms with Crippen LogP contribution in [0.2, 0.25) is 0 Å². The number of thiophene rings is 1. The maximum absolute atomic E-state index is 6.14. The summed E-state index contributed by atoms with van der Waals surface area (Å²) in [5.74, 6) is 2.23. The summed E-state index contributed by atoms with van der Waals surface area (Å²) < 4.78 is 0. The molecular formula is C18H15PS2. The number of hydrogen-bond donors (Lipinski definition) is 0. The second kappa shape index (κ2) is 6.53. The van der Waals surface area contributed by atoms with Crippen LogP contribution in [0.3, 0.4) is 0 Å². The quantitative estimate of drug-likeness (QED) is 0.618.